The predicted molar refractivity (Wildman–Crippen MR) is 87.2 cm³/mol. The number of aromatic nitrogens is 2. The summed E-state index contributed by atoms with van der Waals surface area (Å²) in [5, 5.41) is 3.72. The highest BCUT2D eigenvalue weighted by atomic mass is 32.2. The van der Waals surface area contributed by atoms with E-state index in [2.05, 4.69) is 14.9 Å². The molecule has 3 rings (SSSR count). The first kappa shape index (κ1) is 15.2. The van der Waals surface area contributed by atoms with Crippen LogP contribution in [0.25, 0.3) is 11.5 Å². The summed E-state index contributed by atoms with van der Waals surface area (Å²) in [7, 11) is -3.46. The molecule has 2 aromatic carbocycles. The first-order chi connectivity index (χ1) is 11.0. The number of aryl methyl sites for hydroxylation is 1. The highest BCUT2D eigenvalue weighted by molar-refractivity contribution is 7.91. The third-order valence-corrected chi connectivity index (χ3v) is 4.39. The number of nitrogens with one attached hydrogen (secondary N) is 1. The van der Waals surface area contributed by atoms with Crippen molar-refractivity contribution in [3.05, 3.63) is 66.0 Å². The predicted octanol–water partition coefficient (Wildman–Crippen LogP) is 2.99. The fourth-order valence-electron chi connectivity index (χ4n) is 2.10. The zero-order valence-electron chi connectivity index (χ0n) is 12.4. The van der Waals surface area contributed by atoms with Crippen LogP contribution in [0.4, 0.5) is 5.69 Å². The third kappa shape index (κ3) is 3.95. The van der Waals surface area contributed by atoms with Crippen molar-refractivity contribution in [2.75, 3.05) is 4.72 Å². The van der Waals surface area contributed by atoms with E-state index in [0.29, 0.717) is 17.4 Å². The van der Waals surface area contributed by atoms with Gasteiger partial charge in [0.1, 0.15) is 0 Å². The van der Waals surface area contributed by atoms with Crippen LogP contribution in [0.15, 0.2) is 59.1 Å². The molecule has 1 aromatic heterocycles. The smallest absolute Gasteiger partial charge is 0.257 e. The lowest BCUT2D eigenvalue weighted by Gasteiger charge is -2.08. The SMILES string of the molecule is Cc1noc(-c2ccc(NS(=O)(=O)Cc3ccccc3)cc2)n1. The highest BCUT2D eigenvalue weighted by Gasteiger charge is 2.12. The van der Waals surface area contributed by atoms with Gasteiger partial charge in [0, 0.05) is 11.3 Å². The average molecular weight is 329 g/mol. The molecular weight excluding hydrogens is 314 g/mol. The second-order valence-corrected chi connectivity index (χ2v) is 6.79. The van der Waals surface area contributed by atoms with Crippen molar-refractivity contribution in [3.8, 4) is 11.5 Å². The van der Waals surface area contributed by atoms with Gasteiger partial charge in [-0.15, -0.1) is 0 Å². The minimum atomic E-state index is -3.46. The highest BCUT2D eigenvalue weighted by Crippen LogP contribution is 2.20. The summed E-state index contributed by atoms with van der Waals surface area (Å²) < 4.78 is 32.0. The first-order valence-corrected chi connectivity index (χ1v) is 8.62. The van der Waals surface area contributed by atoms with Crippen LogP contribution in [0.1, 0.15) is 11.4 Å². The van der Waals surface area contributed by atoms with E-state index in [9.17, 15) is 8.42 Å². The number of rotatable bonds is 5. The van der Waals surface area contributed by atoms with Crippen molar-refractivity contribution in [2.24, 2.45) is 0 Å². The van der Waals surface area contributed by atoms with Gasteiger partial charge >= 0.3 is 0 Å². The Labute approximate surface area is 134 Å². The molecule has 23 heavy (non-hydrogen) atoms. The molecule has 1 N–H and O–H groups in total. The molecule has 0 aliphatic heterocycles. The Kier molecular flexibility index (Phi) is 4.12. The van der Waals surface area contributed by atoms with Gasteiger partial charge in [-0.25, -0.2) is 8.42 Å². The van der Waals surface area contributed by atoms with Crippen LogP contribution in [0.5, 0.6) is 0 Å². The maximum Gasteiger partial charge on any atom is 0.257 e. The van der Waals surface area contributed by atoms with Gasteiger partial charge in [0.25, 0.3) is 5.89 Å². The fourth-order valence-corrected chi connectivity index (χ4v) is 3.30. The summed E-state index contributed by atoms with van der Waals surface area (Å²) in [6, 6.07) is 15.8. The molecule has 0 unspecified atom stereocenters. The van der Waals surface area contributed by atoms with Crippen molar-refractivity contribution in [1.82, 2.24) is 10.1 Å². The number of sulfonamides is 1. The first-order valence-electron chi connectivity index (χ1n) is 6.97. The van der Waals surface area contributed by atoms with Gasteiger partial charge in [0.05, 0.1) is 5.75 Å². The molecule has 0 radical (unpaired) electrons. The van der Waals surface area contributed by atoms with Crippen LogP contribution < -0.4 is 4.72 Å². The topological polar surface area (TPSA) is 85.1 Å². The second-order valence-electron chi connectivity index (χ2n) is 5.07. The van der Waals surface area contributed by atoms with Gasteiger partial charge in [-0.3, -0.25) is 4.72 Å². The van der Waals surface area contributed by atoms with Crippen molar-refractivity contribution < 1.29 is 12.9 Å². The number of nitrogens with zero attached hydrogens (tertiary/aromatic N) is 2. The molecule has 1 heterocycles. The van der Waals surface area contributed by atoms with E-state index in [1.165, 1.54) is 0 Å². The van der Waals surface area contributed by atoms with Crippen LogP contribution in [0.2, 0.25) is 0 Å². The van der Waals surface area contributed by atoms with Gasteiger partial charge in [-0.1, -0.05) is 35.5 Å². The summed E-state index contributed by atoms with van der Waals surface area (Å²) in [6.07, 6.45) is 0. The van der Waals surface area contributed by atoms with Crippen LogP contribution in [-0.2, 0) is 15.8 Å². The van der Waals surface area contributed by atoms with Gasteiger partial charge in [-0.2, -0.15) is 4.98 Å². The molecule has 0 atom stereocenters. The molecule has 0 amide bonds. The molecular formula is C16H15N3O3S. The Morgan fingerprint density at radius 1 is 1.04 bits per heavy atom. The van der Waals surface area contributed by atoms with Crippen LogP contribution >= 0.6 is 0 Å². The number of benzene rings is 2. The van der Waals surface area contributed by atoms with Crippen molar-refractivity contribution in [3.63, 3.8) is 0 Å². The Hall–Kier alpha value is -2.67. The van der Waals surface area contributed by atoms with Crippen LogP contribution in [0, 0.1) is 6.92 Å². The van der Waals surface area contributed by atoms with Gasteiger partial charge in [-0.05, 0) is 36.8 Å². The molecule has 0 saturated heterocycles. The van der Waals surface area contributed by atoms with Crippen molar-refractivity contribution in [2.45, 2.75) is 12.7 Å². The van der Waals surface area contributed by atoms with E-state index < -0.39 is 10.0 Å². The average Bonchev–Trinajstić information content (AvgIpc) is 2.95. The Bertz CT molecular complexity index is 888. The van der Waals surface area contributed by atoms with E-state index in [-0.39, 0.29) is 5.75 Å². The Morgan fingerprint density at radius 2 is 1.74 bits per heavy atom. The lowest BCUT2D eigenvalue weighted by molar-refractivity contribution is 0.425. The maximum absolute atomic E-state index is 12.2. The third-order valence-electron chi connectivity index (χ3n) is 3.13. The molecule has 7 heteroatoms. The molecule has 0 bridgehead atoms. The van der Waals surface area contributed by atoms with Crippen molar-refractivity contribution in [1.29, 1.82) is 0 Å². The normalized spacial score (nSPS) is 11.3. The molecule has 0 fully saturated rings. The minimum Gasteiger partial charge on any atom is -0.334 e. The monoisotopic (exact) mass is 329 g/mol. The standard InChI is InChI=1S/C16H15N3O3S/c1-12-17-16(22-18-12)14-7-9-15(10-8-14)19-23(20,21)11-13-5-3-2-4-6-13/h2-10,19H,11H2,1H3. The Balaban J connectivity index is 1.72. The zero-order valence-corrected chi connectivity index (χ0v) is 13.2. The number of hydrogen-bond acceptors (Lipinski definition) is 5. The summed E-state index contributed by atoms with van der Waals surface area (Å²) in [6.45, 7) is 1.74. The molecule has 0 aliphatic carbocycles. The van der Waals surface area contributed by atoms with E-state index in [4.69, 9.17) is 4.52 Å². The van der Waals surface area contributed by atoms with E-state index in [1.807, 2.05) is 18.2 Å². The summed E-state index contributed by atoms with van der Waals surface area (Å²) >= 11 is 0. The molecule has 0 saturated carbocycles. The Morgan fingerprint density at radius 3 is 2.35 bits per heavy atom. The maximum atomic E-state index is 12.2. The van der Waals surface area contributed by atoms with Crippen LogP contribution in [-0.4, -0.2) is 18.6 Å². The largest absolute Gasteiger partial charge is 0.334 e. The number of anilines is 1. The molecule has 6 nitrogen and oxygen atoms in total. The number of hydrogen-bond donors (Lipinski definition) is 1. The van der Waals surface area contributed by atoms with Gasteiger partial charge in [0.15, 0.2) is 5.82 Å². The fraction of sp³-hybridized carbons (Fsp3) is 0.125. The van der Waals surface area contributed by atoms with Crippen LogP contribution in [0.3, 0.4) is 0 Å². The van der Waals surface area contributed by atoms with Gasteiger partial charge < -0.3 is 4.52 Å². The quantitative estimate of drug-likeness (QED) is 0.778. The van der Waals surface area contributed by atoms with Crippen molar-refractivity contribution >= 4 is 15.7 Å². The lowest BCUT2D eigenvalue weighted by Crippen LogP contribution is -2.14. The molecule has 118 valence electrons. The lowest BCUT2D eigenvalue weighted by atomic mass is 10.2. The molecule has 3 aromatic rings. The summed E-state index contributed by atoms with van der Waals surface area (Å²) in [5.41, 5.74) is 1.95. The van der Waals surface area contributed by atoms with E-state index in [1.54, 1.807) is 43.3 Å². The zero-order chi connectivity index (χ0) is 16.3. The second kappa shape index (κ2) is 6.21. The van der Waals surface area contributed by atoms with E-state index >= 15 is 0 Å². The summed E-state index contributed by atoms with van der Waals surface area (Å²) in [5.74, 6) is 0.882. The van der Waals surface area contributed by atoms with Gasteiger partial charge in [0.2, 0.25) is 10.0 Å². The molecule has 0 spiro atoms. The minimum absolute atomic E-state index is 0.0710. The van der Waals surface area contributed by atoms with E-state index in [0.717, 1.165) is 11.1 Å². The molecule has 0 aliphatic rings. The summed E-state index contributed by atoms with van der Waals surface area (Å²) in [4.78, 5) is 4.12.